The summed E-state index contributed by atoms with van der Waals surface area (Å²) in [6.07, 6.45) is 3.95. The molecule has 8 heteroatoms. The van der Waals surface area contributed by atoms with Crippen LogP contribution in [0.2, 0.25) is 0 Å². The number of hydrogen-bond donors (Lipinski definition) is 0. The molecule has 5 saturated heterocycles. The summed E-state index contributed by atoms with van der Waals surface area (Å²) in [5.41, 5.74) is 2.20. The van der Waals surface area contributed by atoms with Crippen molar-refractivity contribution in [1.29, 1.82) is 0 Å². The quantitative estimate of drug-likeness (QED) is 0.382. The normalized spacial score (nSPS) is 42.6. The number of thiocarbonyl (C=S) groups is 1. The van der Waals surface area contributed by atoms with Crippen LogP contribution in [0.15, 0.2) is 24.3 Å². The smallest absolute Gasteiger partial charge is 0.201 e. The van der Waals surface area contributed by atoms with E-state index in [0.717, 1.165) is 55.5 Å². The minimum absolute atomic E-state index is 0.0292. The molecule has 0 radical (unpaired) electrons. The summed E-state index contributed by atoms with van der Waals surface area (Å²) in [6.45, 7) is 12.7. The second kappa shape index (κ2) is 9.78. The average Bonchev–Trinajstić information content (AvgIpc) is 3.11. The van der Waals surface area contributed by atoms with Crippen LogP contribution < -0.4 is 0 Å². The minimum Gasteiger partial charge on any atom is -0.355 e. The number of nitrogens with zero attached hydrogens (tertiary/aromatic N) is 2. The van der Waals surface area contributed by atoms with Crippen LogP contribution in [0.5, 0.6) is 0 Å². The van der Waals surface area contributed by atoms with Gasteiger partial charge in [0.05, 0.1) is 0 Å². The molecule has 1 spiro atoms. The fraction of sp³-hybridized carbons (Fsp3) is 0.750. The van der Waals surface area contributed by atoms with E-state index in [-0.39, 0.29) is 12.5 Å². The monoisotopic (exact) mass is 532 g/mol. The Kier molecular flexibility index (Phi) is 6.93. The lowest BCUT2D eigenvalue weighted by atomic mass is 9.58. The number of benzene rings is 1. The molecule has 6 nitrogen and oxygen atoms in total. The van der Waals surface area contributed by atoms with Crippen molar-refractivity contribution in [2.75, 3.05) is 26.2 Å². The third-order valence-corrected chi connectivity index (χ3v) is 11.2. The highest BCUT2D eigenvalue weighted by atomic mass is 32.2. The van der Waals surface area contributed by atoms with E-state index in [1.807, 2.05) is 6.92 Å². The van der Waals surface area contributed by atoms with Gasteiger partial charge in [-0.3, -0.25) is 4.90 Å². The fourth-order valence-electron chi connectivity index (χ4n) is 7.47. The van der Waals surface area contributed by atoms with E-state index >= 15 is 0 Å². The van der Waals surface area contributed by atoms with Crippen LogP contribution in [0, 0.1) is 30.6 Å². The Bertz CT molecular complexity index is 988. The van der Waals surface area contributed by atoms with Gasteiger partial charge in [-0.2, -0.15) is 0 Å². The van der Waals surface area contributed by atoms with E-state index in [2.05, 4.69) is 54.8 Å². The molecule has 6 fully saturated rings. The molecule has 0 amide bonds. The molecule has 1 aliphatic carbocycles. The van der Waals surface area contributed by atoms with Gasteiger partial charge in [-0.25, -0.2) is 9.78 Å². The Morgan fingerprint density at radius 2 is 1.83 bits per heavy atom. The lowest BCUT2D eigenvalue weighted by Gasteiger charge is -2.61. The molecule has 7 rings (SSSR count). The average molecular weight is 533 g/mol. The SMILES string of the molecule is Cc1ccccc1CSC(=S)N1CCN([C@@H]2O[C@@H]3O[C@@]4(C)CC[C@H]5[C@H](C)CC[C@@H]([C@H]2C)[C@@]35OO4)CC1. The highest BCUT2D eigenvalue weighted by Gasteiger charge is 2.69. The van der Waals surface area contributed by atoms with Crippen LogP contribution in [-0.2, 0) is 25.0 Å². The molecule has 36 heavy (non-hydrogen) atoms. The third kappa shape index (κ3) is 4.25. The lowest BCUT2D eigenvalue weighted by molar-refractivity contribution is -0.574. The molecule has 1 aromatic carbocycles. The standard InChI is InChI=1S/C28H40N2O4S2/c1-18-7-5-6-8-21(18)17-36-26(35)30-15-13-29(14-16-30)24-20(3)23-10-9-19(2)22-11-12-27(4)32-25(31-24)28(22,23)34-33-27/h5-8,19-20,22-25H,9-17H2,1-4H3/t19-,20-,22+,23+,24-,25-,27-,28-/m1/s1. The predicted octanol–water partition coefficient (Wildman–Crippen LogP) is 5.34. The molecule has 1 saturated carbocycles. The predicted molar refractivity (Wildman–Crippen MR) is 145 cm³/mol. The van der Waals surface area contributed by atoms with E-state index < -0.39 is 11.4 Å². The van der Waals surface area contributed by atoms with Gasteiger partial charge in [0, 0.05) is 50.2 Å². The highest BCUT2D eigenvalue weighted by Crippen LogP contribution is 2.60. The van der Waals surface area contributed by atoms with E-state index in [9.17, 15) is 0 Å². The highest BCUT2D eigenvalue weighted by molar-refractivity contribution is 8.22. The van der Waals surface area contributed by atoms with Crippen LogP contribution in [0.25, 0.3) is 0 Å². The van der Waals surface area contributed by atoms with Crippen molar-refractivity contribution < 1.29 is 19.2 Å². The lowest BCUT2D eigenvalue weighted by Crippen LogP contribution is -2.72. The maximum Gasteiger partial charge on any atom is 0.201 e. The minimum atomic E-state index is -0.720. The Hall–Kier alpha value is -0.740. The molecule has 0 N–H and O–H groups in total. The van der Waals surface area contributed by atoms with Crippen molar-refractivity contribution in [3.05, 3.63) is 35.4 Å². The zero-order chi connectivity index (χ0) is 25.1. The molecule has 0 unspecified atom stereocenters. The second-order valence-corrected chi connectivity index (χ2v) is 13.4. The maximum atomic E-state index is 6.85. The van der Waals surface area contributed by atoms with Gasteiger partial charge in [0.1, 0.15) is 10.5 Å². The molecule has 6 aliphatic rings. The first-order valence-electron chi connectivity index (χ1n) is 13.7. The molecule has 8 atom stereocenters. The molecular formula is C28H40N2O4S2. The molecule has 198 valence electrons. The summed E-state index contributed by atoms with van der Waals surface area (Å²) >= 11 is 7.61. The third-order valence-electron chi connectivity index (χ3n) is 9.67. The van der Waals surface area contributed by atoms with Crippen LogP contribution in [-0.4, -0.2) is 64.2 Å². The Morgan fingerprint density at radius 1 is 1.06 bits per heavy atom. The van der Waals surface area contributed by atoms with E-state index in [4.69, 9.17) is 31.5 Å². The van der Waals surface area contributed by atoms with Crippen molar-refractivity contribution in [2.45, 2.75) is 83.0 Å². The first kappa shape index (κ1) is 25.5. The van der Waals surface area contributed by atoms with Gasteiger partial charge in [-0.1, -0.05) is 62.1 Å². The van der Waals surface area contributed by atoms with Gasteiger partial charge < -0.3 is 14.4 Å². The second-order valence-electron chi connectivity index (χ2n) is 11.8. The summed E-state index contributed by atoms with van der Waals surface area (Å²) in [7, 11) is 0. The Morgan fingerprint density at radius 3 is 2.61 bits per heavy atom. The first-order valence-corrected chi connectivity index (χ1v) is 15.1. The first-order chi connectivity index (χ1) is 17.3. The number of fused-ring (bicyclic) bond motifs is 2. The summed E-state index contributed by atoms with van der Waals surface area (Å²) in [6, 6.07) is 8.57. The summed E-state index contributed by atoms with van der Waals surface area (Å²) in [4.78, 5) is 17.2. The summed E-state index contributed by atoms with van der Waals surface area (Å²) in [5, 5.41) is 0. The molecule has 5 aliphatic heterocycles. The van der Waals surface area contributed by atoms with E-state index in [0.29, 0.717) is 23.7 Å². The number of piperazine rings is 1. The Labute approximate surface area is 225 Å². The largest absolute Gasteiger partial charge is 0.355 e. The number of hydrogen-bond acceptors (Lipinski definition) is 7. The number of aryl methyl sites for hydroxylation is 1. The van der Waals surface area contributed by atoms with Crippen LogP contribution in [0.3, 0.4) is 0 Å². The summed E-state index contributed by atoms with van der Waals surface area (Å²) < 4.78 is 14.4. The van der Waals surface area contributed by atoms with Crippen LogP contribution in [0.4, 0.5) is 0 Å². The van der Waals surface area contributed by atoms with E-state index in [1.165, 1.54) is 17.5 Å². The van der Waals surface area contributed by atoms with Crippen molar-refractivity contribution in [2.24, 2.45) is 23.7 Å². The van der Waals surface area contributed by atoms with Crippen molar-refractivity contribution in [1.82, 2.24) is 9.80 Å². The molecule has 5 heterocycles. The molecule has 2 bridgehead atoms. The van der Waals surface area contributed by atoms with Gasteiger partial charge in [-0.05, 0) is 56.1 Å². The van der Waals surface area contributed by atoms with E-state index in [1.54, 1.807) is 11.8 Å². The van der Waals surface area contributed by atoms with Gasteiger partial charge in [0.2, 0.25) is 5.79 Å². The van der Waals surface area contributed by atoms with Gasteiger partial charge in [0.25, 0.3) is 0 Å². The molecular weight excluding hydrogens is 492 g/mol. The van der Waals surface area contributed by atoms with Crippen molar-refractivity contribution >= 4 is 28.3 Å². The van der Waals surface area contributed by atoms with Gasteiger partial charge >= 0.3 is 0 Å². The number of ether oxygens (including phenoxy) is 2. The van der Waals surface area contributed by atoms with Gasteiger partial charge in [0.15, 0.2) is 11.9 Å². The van der Waals surface area contributed by atoms with Crippen molar-refractivity contribution in [3.63, 3.8) is 0 Å². The molecule has 0 aromatic heterocycles. The van der Waals surface area contributed by atoms with Crippen LogP contribution >= 0.6 is 24.0 Å². The zero-order valence-corrected chi connectivity index (χ0v) is 23.6. The fourth-order valence-corrected chi connectivity index (χ4v) is 8.79. The van der Waals surface area contributed by atoms with Gasteiger partial charge in [-0.15, -0.1) is 0 Å². The topological polar surface area (TPSA) is 43.4 Å². The van der Waals surface area contributed by atoms with Crippen molar-refractivity contribution in [3.8, 4) is 0 Å². The van der Waals surface area contributed by atoms with Crippen LogP contribution in [0.1, 0.15) is 57.6 Å². The number of thioether (sulfide) groups is 1. The Balaban J connectivity index is 1.12. The maximum absolute atomic E-state index is 6.85. The number of rotatable bonds is 3. The zero-order valence-electron chi connectivity index (χ0n) is 22.0. The summed E-state index contributed by atoms with van der Waals surface area (Å²) in [5.74, 6) is 1.92. The molecule has 1 aromatic rings.